The standard InChI is InChI=1S/C17H15FO3/c1-21-12-8-10(7-11(18)9-12)17(20)15-5-6-16(19)14-4-2-3-13(14)15/h5-9,19H,2-4H2,1H3. The van der Waals surface area contributed by atoms with Gasteiger partial charge in [0.25, 0.3) is 0 Å². The van der Waals surface area contributed by atoms with Crippen LogP contribution in [0.2, 0.25) is 0 Å². The number of carbonyl (C=O) groups excluding carboxylic acids is 1. The molecule has 2 aromatic carbocycles. The molecule has 0 saturated heterocycles. The molecule has 0 spiro atoms. The largest absolute Gasteiger partial charge is 0.508 e. The van der Waals surface area contributed by atoms with Gasteiger partial charge in [-0.25, -0.2) is 4.39 Å². The van der Waals surface area contributed by atoms with Gasteiger partial charge in [0.1, 0.15) is 17.3 Å². The molecular formula is C17H15FO3. The summed E-state index contributed by atoms with van der Waals surface area (Å²) in [4.78, 5) is 12.6. The van der Waals surface area contributed by atoms with E-state index in [0.717, 1.165) is 30.4 Å². The van der Waals surface area contributed by atoms with Crippen molar-refractivity contribution >= 4 is 5.78 Å². The first-order valence-electron chi connectivity index (χ1n) is 6.83. The van der Waals surface area contributed by atoms with E-state index in [2.05, 4.69) is 0 Å². The van der Waals surface area contributed by atoms with Crippen LogP contribution in [-0.4, -0.2) is 18.0 Å². The van der Waals surface area contributed by atoms with Crippen molar-refractivity contribution < 1.29 is 19.0 Å². The number of methoxy groups -OCH3 is 1. The van der Waals surface area contributed by atoms with Crippen LogP contribution in [0.3, 0.4) is 0 Å². The van der Waals surface area contributed by atoms with Crippen molar-refractivity contribution in [2.75, 3.05) is 7.11 Å². The number of ether oxygens (including phenoxy) is 1. The van der Waals surface area contributed by atoms with Crippen LogP contribution in [0.4, 0.5) is 4.39 Å². The summed E-state index contributed by atoms with van der Waals surface area (Å²) in [5, 5.41) is 9.84. The number of carbonyl (C=O) groups is 1. The number of phenols is 1. The van der Waals surface area contributed by atoms with E-state index in [1.54, 1.807) is 6.07 Å². The molecule has 0 aliphatic heterocycles. The van der Waals surface area contributed by atoms with Crippen LogP contribution < -0.4 is 4.74 Å². The summed E-state index contributed by atoms with van der Waals surface area (Å²) < 4.78 is 18.6. The summed E-state index contributed by atoms with van der Waals surface area (Å²) in [6, 6.07) is 7.11. The molecule has 0 fully saturated rings. The van der Waals surface area contributed by atoms with Crippen LogP contribution in [0.5, 0.6) is 11.5 Å². The second-order valence-corrected chi connectivity index (χ2v) is 5.15. The molecule has 0 atom stereocenters. The summed E-state index contributed by atoms with van der Waals surface area (Å²) >= 11 is 0. The molecule has 4 heteroatoms. The third-order valence-corrected chi connectivity index (χ3v) is 3.87. The molecule has 0 aromatic heterocycles. The third kappa shape index (κ3) is 2.37. The molecule has 0 bridgehead atoms. The fraction of sp³-hybridized carbons (Fsp3) is 0.235. The fourth-order valence-electron chi connectivity index (χ4n) is 2.87. The molecule has 21 heavy (non-hydrogen) atoms. The van der Waals surface area contributed by atoms with Gasteiger partial charge in [-0.3, -0.25) is 4.79 Å². The molecule has 1 N–H and O–H groups in total. The van der Waals surface area contributed by atoms with E-state index in [1.165, 1.54) is 31.4 Å². The van der Waals surface area contributed by atoms with E-state index in [1.807, 2.05) is 0 Å². The number of ketones is 1. The molecule has 0 heterocycles. The average Bonchev–Trinajstić information content (AvgIpc) is 2.96. The molecule has 0 unspecified atom stereocenters. The number of rotatable bonds is 3. The summed E-state index contributed by atoms with van der Waals surface area (Å²) in [5.74, 6) is -0.205. The fourth-order valence-corrected chi connectivity index (χ4v) is 2.87. The lowest BCUT2D eigenvalue weighted by Crippen LogP contribution is -2.06. The maximum absolute atomic E-state index is 13.6. The van der Waals surface area contributed by atoms with Crippen molar-refractivity contribution in [2.24, 2.45) is 0 Å². The SMILES string of the molecule is COc1cc(F)cc(C(=O)c2ccc(O)c3c2CCC3)c1. The molecule has 0 radical (unpaired) electrons. The number of hydrogen-bond donors (Lipinski definition) is 1. The van der Waals surface area contributed by atoms with Crippen LogP contribution >= 0.6 is 0 Å². The summed E-state index contributed by atoms with van der Waals surface area (Å²) in [7, 11) is 1.43. The zero-order valence-electron chi connectivity index (χ0n) is 11.6. The Kier molecular flexibility index (Phi) is 3.37. The second kappa shape index (κ2) is 5.20. The highest BCUT2D eigenvalue weighted by molar-refractivity contribution is 6.10. The number of phenolic OH excluding ortho intramolecular Hbond substituents is 1. The van der Waals surface area contributed by atoms with Crippen molar-refractivity contribution in [3.63, 3.8) is 0 Å². The van der Waals surface area contributed by atoms with Crippen molar-refractivity contribution in [1.82, 2.24) is 0 Å². The Morgan fingerprint density at radius 2 is 1.95 bits per heavy atom. The summed E-state index contributed by atoms with van der Waals surface area (Å²) in [6.07, 6.45) is 2.45. The smallest absolute Gasteiger partial charge is 0.193 e. The van der Waals surface area contributed by atoms with Gasteiger partial charge < -0.3 is 9.84 Å². The van der Waals surface area contributed by atoms with Gasteiger partial charge in [-0.15, -0.1) is 0 Å². The van der Waals surface area contributed by atoms with Gasteiger partial charge in [0.15, 0.2) is 5.78 Å². The average molecular weight is 286 g/mol. The minimum absolute atomic E-state index is 0.232. The predicted octanol–water partition coefficient (Wildman–Crippen LogP) is 3.26. The quantitative estimate of drug-likeness (QED) is 0.881. The summed E-state index contributed by atoms with van der Waals surface area (Å²) in [6.45, 7) is 0. The minimum Gasteiger partial charge on any atom is -0.508 e. The maximum atomic E-state index is 13.6. The molecule has 108 valence electrons. The Bertz CT molecular complexity index is 722. The number of fused-ring (bicyclic) bond motifs is 1. The number of aromatic hydroxyl groups is 1. The summed E-state index contributed by atoms with van der Waals surface area (Å²) in [5.41, 5.74) is 2.51. The normalized spacial score (nSPS) is 13.0. The molecular weight excluding hydrogens is 271 g/mol. The van der Waals surface area contributed by atoms with E-state index in [-0.39, 0.29) is 17.1 Å². The van der Waals surface area contributed by atoms with Gasteiger partial charge in [0.05, 0.1) is 7.11 Å². The lowest BCUT2D eigenvalue weighted by Gasteiger charge is -2.10. The van der Waals surface area contributed by atoms with Crippen molar-refractivity contribution in [1.29, 1.82) is 0 Å². The van der Waals surface area contributed by atoms with E-state index >= 15 is 0 Å². The van der Waals surface area contributed by atoms with Gasteiger partial charge in [-0.05, 0) is 54.7 Å². The van der Waals surface area contributed by atoms with Crippen LogP contribution in [0.25, 0.3) is 0 Å². The van der Waals surface area contributed by atoms with E-state index in [0.29, 0.717) is 11.3 Å². The molecule has 1 aliphatic carbocycles. The van der Waals surface area contributed by atoms with Crippen LogP contribution in [0.15, 0.2) is 30.3 Å². The van der Waals surface area contributed by atoms with Gasteiger partial charge in [0, 0.05) is 17.2 Å². The molecule has 0 amide bonds. The van der Waals surface area contributed by atoms with Crippen LogP contribution in [-0.2, 0) is 12.8 Å². The number of halogens is 1. The van der Waals surface area contributed by atoms with E-state index < -0.39 is 5.82 Å². The first kappa shape index (κ1) is 13.6. The monoisotopic (exact) mass is 286 g/mol. The molecule has 2 aromatic rings. The van der Waals surface area contributed by atoms with E-state index in [4.69, 9.17) is 4.74 Å². The predicted molar refractivity (Wildman–Crippen MR) is 76.5 cm³/mol. The van der Waals surface area contributed by atoms with Crippen molar-refractivity contribution in [2.45, 2.75) is 19.3 Å². The Hall–Kier alpha value is -2.36. The van der Waals surface area contributed by atoms with Gasteiger partial charge >= 0.3 is 0 Å². The lowest BCUT2D eigenvalue weighted by molar-refractivity contribution is 0.103. The lowest BCUT2D eigenvalue weighted by atomic mass is 9.95. The van der Waals surface area contributed by atoms with Crippen molar-refractivity contribution in [3.05, 3.63) is 58.4 Å². The Morgan fingerprint density at radius 1 is 1.19 bits per heavy atom. The zero-order chi connectivity index (χ0) is 15.0. The molecule has 3 nitrogen and oxygen atoms in total. The molecule has 1 aliphatic rings. The molecule has 0 saturated carbocycles. The van der Waals surface area contributed by atoms with Gasteiger partial charge in [0.2, 0.25) is 0 Å². The Morgan fingerprint density at radius 3 is 2.71 bits per heavy atom. The number of hydrogen-bond acceptors (Lipinski definition) is 3. The third-order valence-electron chi connectivity index (χ3n) is 3.87. The first-order valence-corrected chi connectivity index (χ1v) is 6.83. The highest BCUT2D eigenvalue weighted by Gasteiger charge is 2.23. The van der Waals surface area contributed by atoms with Gasteiger partial charge in [-0.1, -0.05) is 0 Å². The highest BCUT2D eigenvalue weighted by atomic mass is 19.1. The maximum Gasteiger partial charge on any atom is 0.193 e. The van der Waals surface area contributed by atoms with Crippen molar-refractivity contribution in [3.8, 4) is 11.5 Å². The number of benzene rings is 2. The first-order chi connectivity index (χ1) is 10.1. The Labute approximate surface area is 122 Å². The zero-order valence-corrected chi connectivity index (χ0v) is 11.6. The minimum atomic E-state index is -0.506. The van der Waals surface area contributed by atoms with Crippen LogP contribution in [0.1, 0.15) is 33.5 Å². The van der Waals surface area contributed by atoms with Crippen LogP contribution in [0, 0.1) is 5.82 Å². The van der Waals surface area contributed by atoms with Gasteiger partial charge in [-0.2, -0.15) is 0 Å². The van der Waals surface area contributed by atoms with E-state index in [9.17, 15) is 14.3 Å². The Balaban J connectivity index is 2.08. The molecule has 3 rings (SSSR count). The highest BCUT2D eigenvalue weighted by Crippen LogP contribution is 2.33. The topological polar surface area (TPSA) is 46.5 Å². The second-order valence-electron chi connectivity index (χ2n) is 5.15.